The normalized spacial score (nSPS) is 23.8. The topological polar surface area (TPSA) is 9.23 Å². The Morgan fingerprint density at radius 1 is 1.05 bits per heavy atom. The van der Waals surface area contributed by atoms with Gasteiger partial charge in [0.1, 0.15) is 0 Å². The largest absolute Gasteiger partial charge is 0.416 e. The van der Waals surface area contributed by atoms with E-state index < -0.39 is 11.7 Å². The molecule has 20 heavy (non-hydrogen) atoms. The van der Waals surface area contributed by atoms with Gasteiger partial charge in [0.2, 0.25) is 0 Å². The Balaban J connectivity index is 1.90. The maximum atomic E-state index is 12.5. The van der Waals surface area contributed by atoms with Gasteiger partial charge in [-0.1, -0.05) is 19.1 Å². The molecule has 0 N–H and O–H groups in total. The van der Waals surface area contributed by atoms with Gasteiger partial charge in [0.25, 0.3) is 0 Å². The van der Waals surface area contributed by atoms with Gasteiger partial charge in [-0.15, -0.1) is 0 Å². The van der Waals surface area contributed by atoms with Gasteiger partial charge in [-0.05, 0) is 55.7 Å². The third-order valence-corrected chi connectivity index (χ3v) is 3.94. The van der Waals surface area contributed by atoms with Crippen LogP contribution in [0.3, 0.4) is 0 Å². The Hall–Kier alpha value is -1.03. The summed E-state index contributed by atoms with van der Waals surface area (Å²) < 4.78 is 43.3. The lowest BCUT2D eigenvalue weighted by Crippen LogP contribution is -2.21. The molecule has 0 atom stereocenters. The third-order valence-electron chi connectivity index (χ3n) is 3.94. The molecule has 0 heterocycles. The average Bonchev–Trinajstić information content (AvgIpc) is 2.45. The molecule has 0 aromatic heterocycles. The van der Waals surface area contributed by atoms with Crippen LogP contribution in [0.5, 0.6) is 0 Å². The van der Waals surface area contributed by atoms with Crippen LogP contribution >= 0.6 is 0 Å². The van der Waals surface area contributed by atoms with Gasteiger partial charge in [0, 0.05) is 6.61 Å². The van der Waals surface area contributed by atoms with Crippen molar-refractivity contribution in [2.45, 2.75) is 57.2 Å². The molecule has 1 aromatic rings. The Morgan fingerprint density at radius 3 is 2.15 bits per heavy atom. The van der Waals surface area contributed by atoms with Crippen LogP contribution in [0.1, 0.15) is 56.1 Å². The van der Waals surface area contributed by atoms with Crippen LogP contribution in [-0.2, 0) is 10.9 Å². The standard InChI is InChI=1S/C16H21F3O/c1-2-11-20-15-9-5-13(6-10-15)12-3-7-14(8-4-12)16(17,18)19/h3-4,7-8,13,15H,2,5-6,9-11H2,1H3. The lowest BCUT2D eigenvalue weighted by atomic mass is 9.82. The quantitative estimate of drug-likeness (QED) is 0.743. The lowest BCUT2D eigenvalue weighted by Gasteiger charge is -2.29. The van der Waals surface area contributed by atoms with Crippen molar-refractivity contribution >= 4 is 0 Å². The minimum absolute atomic E-state index is 0.334. The number of benzene rings is 1. The lowest BCUT2D eigenvalue weighted by molar-refractivity contribution is -0.137. The molecule has 0 saturated heterocycles. The van der Waals surface area contributed by atoms with E-state index in [0.717, 1.165) is 44.3 Å². The van der Waals surface area contributed by atoms with Crippen LogP contribution in [-0.4, -0.2) is 12.7 Å². The number of alkyl halides is 3. The van der Waals surface area contributed by atoms with Crippen molar-refractivity contribution in [1.82, 2.24) is 0 Å². The fourth-order valence-electron chi connectivity index (χ4n) is 2.79. The molecule has 4 heteroatoms. The summed E-state index contributed by atoms with van der Waals surface area (Å²) in [5.41, 5.74) is 0.452. The van der Waals surface area contributed by atoms with E-state index in [4.69, 9.17) is 4.74 Å². The monoisotopic (exact) mass is 286 g/mol. The van der Waals surface area contributed by atoms with Gasteiger partial charge in [0.05, 0.1) is 11.7 Å². The highest BCUT2D eigenvalue weighted by atomic mass is 19.4. The molecule has 1 aliphatic rings. The summed E-state index contributed by atoms with van der Waals surface area (Å²) in [6, 6.07) is 5.63. The summed E-state index contributed by atoms with van der Waals surface area (Å²) in [7, 11) is 0. The predicted molar refractivity (Wildman–Crippen MR) is 72.7 cm³/mol. The highest BCUT2D eigenvalue weighted by Gasteiger charge is 2.30. The molecule has 0 unspecified atom stereocenters. The summed E-state index contributed by atoms with van der Waals surface area (Å²) in [5.74, 6) is 0.374. The molecular formula is C16H21F3O. The SMILES string of the molecule is CCCOC1CCC(c2ccc(C(F)(F)F)cc2)CC1. The van der Waals surface area contributed by atoms with Crippen LogP contribution in [0.4, 0.5) is 13.2 Å². The molecular weight excluding hydrogens is 265 g/mol. The molecule has 2 rings (SSSR count). The van der Waals surface area contributed by atoms with E-state index in [-0.39, 0.29) is 0 Å². The van der Waals surface area contributed by atoms with E-state index >= 15 is 0 Å². The minimum Gasteiger partial charge on any atom is -0.378 e. The Labute approximate surface area is 118 Å². The third kappa shape index (κ3) is 3.98. The Kier molecular flexibility index (Phi) is 5.08. The zero-order valence-electron chi connectivity index (χ0n) is 11.7. The van der Waals surface area contributed by atoms with Gasteiger partial charge in [0.15, 0.2) is 0 Å². The first kappa shape index (κ1) is 15.4. The number of halogens is 3. The van der Waals surface area contributed by atoms with E-state index in [1.807, 2.05) is 0 Å². The molecule has 0 bridgehead atoms. The van der Waals surface area contributed by atoms with Crippen molar-refractivity contribution < 1.29 is 17.9 Å². The Morgan fingerprint density at radius 2 is 1.65 bits per heavy atom. The van der Waals surface area contributed by atoms with E-state index in [0.29, 0.717) is 12.0 Å². The smallest absolute Gasteiger partial charge is 0.378 e. The number of ether oxygens (including phenoxy) is 1. The second-order valence-corrected chi connectivity index (χ2v) is 5.46. The molecule has 1 saturated carbocycles. The van der Waals surface area contributed by atoms with Gasteiger partial charge >= 0.3 is 6.18 Å². The second-order valence-electron chi connectivity index (χ2n) is 5.46. The molecule has 112 valence electrons. The molecule has 1 fully saturated rings. The zero-order chi connectivity index (χ0) is 14.6. The average molecular weight is 286 g/mol. The van der Waals surface area contributed by atoms with E-state index in [1.54, 1.807) is 12.1 Å². The summed E-state index contributed by atoms with van der Waals surface area (Å²) in [6.45, 7) is 2.89. The summed E-state index contributed by atoms with van der Waals surface area (Å²) in [4.78, 5) is 0. The summed E-state index contributed by atoms with van der Waals surface area (Å²) in [6.07, 6.45) is 1.13. The molecule has 0 amide bonds. The number of hydrogen-bond acceptors (Lipinski definition) is 1. The first-order valence-corrected chi connectivity index (χ1v) is 7.29. The van der Waals surface area contributed by atoms with Crippen LogP contribution in [0.15, 0.2) is 24.3 Å². The fourth-order valence-corrected chi connectivity index (χ4v) is 2.79. The van der Waals surface area contributed by atoms with Crippen LogP contribution < -0.4 is 0 Å². The van der Waals surface area contributed by atoms with Gasteiger partial charge in [-0.2, -0.15) is 13.2 Å². The van der Waals surface area contributed by atoms with E-state index in [1.165, 1.54) is 12.1 Å². The highest BCUT2D eigenvalue weighted by Crippen LogP contribution is 2.36. The first-order valence-electron chi connectivity index (χ1n) is 7.29. The van der Waals surface area contributed by atoms with Crippen molar-refractivity contribution in [3.63, 3.8) is 0 Å². The molecule has 1 aliphatic carbocycles. The predicted octanol–water partition coefficient (Wildman–Crippen LogP) is 5.16. The maximum Gasteiger partial charge on any atom is 0.416 e. The van der Waals surface area contributed by atoms with Crippen molar-refractivity contribution in [1.29, 1.82) is 0 Å². The minimum atomic E-state index is -4.25. The number of rotatable bonds is 4. The zero-order valence-corrected chi connectivity index (χ0v) is 11.7. The maximum absolute atomic E-state index is 12.5. The van der Waals surface area contributed by atoms with Crippen molar-refractivity contribution in [3.8, 4) is 0 Å². The van der Waals surface area contributed by atoms with Gasteiger partial charge < -0.3 is 4.74 Å². The molecule has 0 aliphatic heterocycles. The summed E-state index contributed by atoms with van der Waals surface area (Å²) >= 11 is 0. The van der Waals surface area contributed by atoms with E-state index in [2.05, 4.69) is 6.92 Å². The van der Waals surface area contributed by atoms with Crippen LogP contribution in [0.2, 0.25) is 0 Å². The van der Waals surface area contributed by atoms with Crippen LogP contribution in [0.25, 0.3) is 0 Å². The van der Waals surface area contributed by atoms with Crippen molar-refractivity contribution in [2.75, 3.05) is 6.61 Å². The first-order chi connectivity index (χ1) is 9.50. The van der Waals surface area contributed by atoms with Crippen molar-refractivity contribution in [2.24, 2.45) is 0 Å². The van der Waals surface area contributed by atoms with Gasteiger partial charge in [-0.3, -0.25) is 0 Å². The molecule has 0 radical (unpaired) electrons. The summed E-state index contributed by atoms with van der Waals surface area (Å²) in [5, 5.41) is 0. The van der Waals surface area contributed by atoms with E-state index in [9.17, 15) is 13.2 Å². The molecule has 1 aromatic carbocycles. The van der Waals surface area contributed by atoms with Crippen molar-refractivity contribution in [3.05, 3.63) is 35.4 Å². The molecule has 1 nitrogen and oxygen atoms in total. The fraction of sp³-hybridized carbons (Fsp3) is 0.625. The van der Waals surface area contributed by atoms with Gasteiger partial charge in [-0.25, -0.2) is 0 Å². The van der Waals surface area contributed by atoms with Crippen LogP contribution in [0, 0.1) is 0 Å². The molecule has 0 spiro atoms. The Bertz CT molecular complexity index is 403. The second kappa shape index (κ2) is 6.61. The highest BCUT2D eigenvalue weighted by molar-refractivity contribution is 5.27. The number of hydrogen-bond donors (Lipinski definition) is 0.